The van der Waals surface area contributed by atoms with Gasteiger partial charge in [0.15, 0.2) is 0 Å². The average Bonchev–Trinajstić information content (AvgIpc) is 2.74. The second kappa shape index (κ2) is 4.79. The summed E-state index contributed by atoms with van der Waals surface area (Å²) in [5, 5.41) is 10.8. The van der Waals surface area contributed by atoms with Crippen LogP contribution >= 0.6 is 49.9 Å². The smallest absolute Gasteiger partial charge is 0.128 e. The van der Waals surface area contributed by atoms with Crippen molar-refractivity contribution in [3.05, 3.63) is 44.4 Å². The number of hydrogen-bond donors (Lipinski definition) is 1. The third-order valence-electron chi connectivity index (χ3n) is 2.54. The lowest BCUT2D eigenvalue weighted by Gasteiger charge is -2.00. The maximum atomic E-state index is 9.92. The Labute approximate surface area is 130 Å². The molecule has 1 aromatic heterocycles. The molecule has 3 rings (SSSR count). The fourth-order valence-corrected chi connectivity index (χ4v) is 3.73. The standard InChI is InChI=1S/C13H7BrINOS/c14-7-1-3-10-12(5-7)18-13(16-10)9-6-8(15)2-4-11(9)17/h1-6,17H. The lowest BCUT2D eigenvalue weighted by molar-refractivity contribution is 0.477. The lowest BCUT2D eigenvalue weighted by Crippen LogP contribution is -1.79. The Morgan fingerprint density at radius 2 is 2.00 bits per heavy atom. The number of halogens is 2. The summed E-state index contributed by atoms with van der Waals surface area (Å²) in [6.45, 7) is 0. The normalized spacial score (nSPS) is 11.0. The molecule has 18 heavy (non-hydrogen) atoms. The number of phenols is 1. The first-order valence-electron chi connectivity index (χ1n) is 5.18. The van der Waals surface area contributed by atoms with E-state index in [0.717, 1.165) is 28.8 Å². The molecule has 90 valence electrons. The number of aromatic hydroxyl groups is 1. The van der Waals surface area contributed by atoms with Crippen LogP contribution in [0.1, 0.15) is 0 Å². The highest BCUT2D eigenvalue weighted by Crippen LogP contribution is 2.36. The predicted molar refractivity (Wildman–Crippen MR) is 87.1 cm³/mol. The summed E-state index contributed by atoms with van der Waals surface area (Å²) < 4.78 is 3.23. The minimum atomic E-state index is 0.272. The van der Waals surface area contributed by atoms with E-state index in [9.17, 15) is 5.11 Å². The molecule has 0 spiro atoms. The molecule has 0 fully saturated rings. The van der Waals surface area contributed by atoms with Crippen LogP contribution in [-0.4, -0.2) is 10.1 Å². The molecule has 0 aliphatic rings. The van der Waals surface area contributed by atoms with Gasteiger partial charge in [-0.25, -0.2) is 4.98 Å². The van der Waals surface area contributed by atoms with E-state index in [0.29, 0.717) is 0 Å². The van der Waals surface area contributed by atoms with E-state index in [1.165, 1.54) is 0 Å². The molecular weight excluding hydrogens is 425 g/mol. The van der Waals surface area contributed by atoms with Gasteiger partial charge in [0, 0.05) is 8.04 Å². The van der Waals surface area contributed by atoms with Gasteiger partial charge in [-0.15, -0.1) is 11.3 Å². The number of fused-ring (bicyclic) bond motifs is 1. The fraction of sp³-hybridized carbons (Fsp3) is 0. The Balaban J connectivity index is 2.22. The SMILES string of the molecule is Oc1ccc(I)cc1-c1nc2ccc(Br)cc2s1. The number of nitrogens with zero attached hydrogens (tertiary/aromatic N) is 1. The van der Waals surface area contributed by atoms with E-state index in [-0.39, 0.29) is 5.75 Å². The predicted octanol–water partition coefficient (Wildman–Crippen LogP) is 5.04. The third kappa shape index (κ3) is 2.26. The molecule has 0 saturated heterocycles. The van der Waals surface area contributed by atoms with Gasteiger partial charge in [0.1, 0.15) is 10.8 Å². The minimum absolute atomic E-state index is 0.272. The van der Waals surface area contributed by atoms with Crippen molar-refractivity contribution in [2.24, 2.45) is 0 Å². The Bertz CT molecular complexity index is 741. The molecule has 2 aromatic carbocycles. The molecule has 0 aliphatic heterocycles. The van der Waals surface area contributed by atoms with Gasteiger partial charge < -0.3 is 5.11 Å². The molecule has 1 heterocycles. The first-order chi connectivity index (χ1) is 8.63. The summed E-state index contributed by atoms with van der Waals surface area (Å²) in [6.07, 6.45) is 0. The van der Waals surface area contributed by atoms with Crippen molar-refractivity contribution in [1.29, 1.82) is 0 Å². The van der Waals surface area contributed by atoms with Gasteiger partial charge in [-0.3, -0.25) is 0 Å². The number of benzene rings is 2. The lowest BCUT2D eigenvalue weighted by atomic mass is 10.2. The quantitative estimate of drug-likeness (QED) is 0.547. The van der Waals surface area contributed by atoms with Crippen LogP contribution in [0.15, 0.2) is 40.9 Å². The highest BCUT2D eigenvalue weighted by atomic mass is 127. The number of phenolic OH excluding ortho intramolecular Hbond substituents is 1. The van der Waals surface area contributed by atoms with Crippen molar-refractivity contribution < 1.29 is 5.11 Å². The van der Waals surface area contributed by atoms with Crippen molar-refractivity contribution in [2.45, 2.75) is 0 Å². The molecular formula is C13H7BrINOS. The van der Waals surface area contributed by atoms with E-state index < -0.39 is 0 Å². The topological polar surface area (TPSA) is 33.1 Å². The van der Waals surface area contributed by atoms with Crippen LogP contribution in [0.25, 0.3) is 20.8 Å². The van der Waals surface area contributed by atoms with E-state index in [1.54, 1.807) is 17.4 Å². The summed E-state index contributed by atoms with van der Waals surface area (Å²) in [6, 6.07) is 11.5. The van der Waals surface area contributed by atoms with E-state index in [2.05, 4.69) is 43.5 Å². The van der Waals surface area contributed by atoms with Crippen molar-refractivity contribution in [3.63, 3.8) is 0 Å². The van der Waals surface area contributed by atoms with Crippen LogP contribution in [0, 0.1) is 3.57 Å². The zero-order valence-electron chi connectivity index (χ0n) is 9.02. The average molecular weight is 432 g/mol. The summed E-state index contributed by atoms with van der Waals surface area (Å²) >= 11 is 7.27. The number of rotatable bonds is 1. The first-order valence-corrected chi connectivity index (χ1v) is 7.87. The summed E-state index contributed by atoms with van der Waals surface area (Å²) in [4.78, 5) is 4.56. The van der Waals surface area contributed by atoms with Gasteiger partial charge >= 0.3 is 0 Å². The monoisotopic (exact) mass is 431 g/mol. The number of hydrogen-bond acceptors (Lipinski definition) is 3. The van der Waals surface area contributed by atoms with Crippen molar-refractivity contribution >= 4 is 60.1 Å². The Morgan fingerprint density at radius 3 is 2.83 bits per heavy atom. The molecule has 3 aromatic rings. The Hall–Kier alpha value is -0.660. The van der Waals surface area contributed by atoms with E-state index in [4.69, 9.17) is 0 Å². The largest absolute Gasteiger partial charge is 0.507 e. The second-order valence-electron chi connectivity index (χ2n) is 3.79. The highest BCUT2D eigenvalue weighted by molar-refractivity contribution is 14.1. The molecule has 0 unspecified atom stereocenters. The summed E-state index contributed by atoms with van der Waals surface area (Å²) in [5.41, 5.74) is 1.75. The van der Waals surface area contributed by atoms with Crippen molar-refractivity contribution in [1.82, 2.24) is 4.98 Å². The van der Waals surface area contributed by atoms with Gasteiger partial charge in [-0.2, -0.15) is 0 Å². The molecule has 0 amide bonds. The summed E-state index contributed by atoms with van der Waals surface area (Å²) in [5.74, 6) is 0.272. The van der Waals surface area contributed by atoms with Gasteiger partial charge in [0.25, 0.3) is 0 Å². The Morgan fingerprint density at radius 1 is 1.17 bits per heavy atom. The second-order valence-corrected chi connectivity index (χ2v) is 6.98. The molecule has 1 N–H and O–H groups in total. The van der Waals surface area contributed by atoms with E-state index >= 15 is 0 Å². The number of thiazole rings is 1. The molecule has 2 nitrogen and oxygen atoms in total. The maximum absolute atomic E-state index is 9.92. The van der Waals surface area contributed by atoms with Crippen LogP contribution in [0.5, 0.6) is 5.75 Å². The maximum Gasteiger partial charge on any atom is 0.128 e. The zero-order chi connectivity index (χ0) is 12.7. The fourth-order valence-electron chi connectivity index (χ4n) is 1.69. The summed E-state index contributed by atoms with van der Waals surface area (Å²) in [7, 11) is 0. The van der Waals surface area contributed by atoms with Crippen LogP contribution < -0.4 is 0 Å². The number of aromatic nitrogens is 1. The van der Waals surface area contributed by atoms with Crippen molar-refractivity contribution in [2.75, 3.05) is 0 Å². The molecule has 0 bridgehead atoms. The third-order valence-corrected chi connectivity index (χ3v) is 4.76. The Kier molecular flexibility index (Phi) is 3.29. The zero-order valence-corrected chi connectivity index (χ0v) is 13.6. The van der Waals surface area contributed by atoms with Crippen molar-refractivity contribution in [3.8, 4) is 16.3 Å². The van der Waals surface area contributed by atoms with Crippen LogP contribution in [0.3, 0.4) is 0 Å². The molecule has 0 aliphatic carbocycles. The molecule has 0 saturated carbocycles. The molecule has 0 radical (unpaired) electrons. The van der Waals surface area contributed by atoms with Gasteiger partial charge in [0.05, 0.1) is 15.8 Å². The minimum Gasteiger partial charge on any atom is -0.507 e. The van der Waals surface area contributed by atoms with Gasteiger partial charge in [-0.1, -0.05) is 15.9 Å². The van der Waals surface area contributed by atoms with Gasteiger partial charge in [0.2, 0.25) is 0 Å². The molecule has 5 heteroatoms. The highest BCUT2D eigenvalue weighted by Gasteiger charge is 2.10. The molecule has 0 atom stereocenters. The van der Waals surface area contributed by atoms with E-state index in [1.807, 2.05) is 30.3 Å². The first kappa shape index (κ1) is 12.4. The van der Waals surface area contributed by atoms with Crippen LogP contribution in [0.4, 0.5) is 0 Å². The van der Waals surface area contributed by atoms with Crippen LogP contribution in [0.2, 0.25) is 0 Å². The van der Waals surface area contributed by atoms with Crippen LogP contribution in [-0.2, 0) is 0 Å². The van der Waals surface area contributed by atoms with Gasteiger partial charge in [-0.05, 0) is 59.0 Å².